The number of nitrogens with zero attached hydrogens (tertiary/aromatic N) is 1. The average Bonchev–Trinajstić information content (AvgIpc) is 2.39. The first-order valence-electron chi connectivity index (χ1n) is 6.19. The summed E-state index contributed by atoms with van der Waals surface area (Å²) in [4.78, 5) is 4.46. The van der Waals surface area contributed by atoms with Crippen molar-refractivity contribution in [2.75, 3.05) is 0 Å². The molecule has 0 atom stereocenters. The molecule has 0 unspecified atom stereocenters. The molecule has 0 N–H and O–H groups in total. The molecule has 1 aliphatic carbocycles. The van der Waals surface area contributed by atoms with Crippen molar-refractivity contribution in [3.8, 4) is 0 Å². The van der Waals surface area contributed by atoms with E-state index in [4.69, 9.17) is 0 Å². The van der Waals surface area contributed by atoms with Crippen LogP contribution in [0.2, 0.25) is 0 Å². The van der Waals surface area contributed by atoms with E-state index in [-0.39, 0.29) is 5.41 Å². The van der Waals surface area contributed by atoms with Gasteiger partial charge in [0.15, 0.2) is 0 Å². The van der Waals surface area contributed by atoms with Crippen molar-refractivity contribution in [1.29, 1.82) is 0 Å². The van der Waals surface area contributed by atoms with Crippen molar-refractivity contribution < 1.29 is 0 Å². The van der Waals surface area contributed by atoms with Crippen LogP contribution in [0, 0.1) is 0 Å². The fraction of sp³-hybridized carbons (Fsp3) is 0.533. The lowest BCUT2D eigenvalue weighted by Crippen LogP contribution is -2.18. The van der Waals surface area contributed by atoms with E-state index >= 15 is 0 Å². The third-order valence-electron chi connectivity index (χ3n) is 2.98. The summed E-state index contributed by atoms with van der Waals surface area (Å²) < 4.78 is 0. The molecule has 0 radical (unpaired) electrons. The third-order valence-corrected chi connectivity index (χ3v) is 2.98. The van der Waals surface area contributed by atoms with Crippen LogP contribution in [0.5, 0.6) is 0 Å². The Bertz CT molecular complexity index is 375. The first-order chi connectivity index (χ1) is 7.59. The van der Waals surface area contributed by atoms with E-state index in [0.717, 1.165) is 12.8 Å². The Morgan fingerprint density at radius 2 is 1.94 bits per heavy atom. The number of rotatable bonds is 0. The summed E-state index contributed by atoms with van der Waals surface area (Å²) in [6.07, 6.45) is 6.33. The molecular formula is C15H23N. The molecule has 0 saturated carbocycles. The van der Waals surface area contributed by atoms with Crippen LogP contribution in [0.25, 0.3) is 0 Å². The summed E-state index contributed by atoms with van der Waals surface area (Å²) in [5.74, 6) is 0. The molecule has 16 heavy (non-hydrogen) atoms. The van der Waals surface area contributed by atoms with Crippen molar-refractivity contribution in [3.05, 3.63) is 41.2 Å². The van der Waals surface area contributed by atoms with Gasteiger partial charge in [0.25, 0.3) is 0 Å². The molecule has 0 spiro atoms. The SMILES string of the molecule is CC.CC1=CCc2ncccc2C(C)(C)C1. The number of hydrogen-bond acceptors (Lipinski definition) is 1. The Morgan fingerprint density at radius 1 is 1.25 bits per heavy atom. The molecule has 1 aliphatic rings. The van der Waals surface area contributed by atoms with Crippen LogP contribution in [0.15, 0.2) is 30.0 Å². The molecule has 1 heterocycles. The highest BCUT2D eigenvalue weighted by molar-refractivity contribution is 5.33. The van der Waals surface area contributed by atoms with Crippen molar-refractivity contribution in [2.45, 2.75) is 52.9 Å². The topological polar surface area (TPSA) is 12.9 Å². The largest absolute Gasteiger partial charge is 0.261 e. The predicted octanol–water partition coefficient (Wildman–Crippen LogP) is 4.28. The standard InChI is InChI=1S/C13H17N.C2H6/c1-10-6-7-12-11(5-4-8-14-12)13(2,3)9-10;1-2/h4-6,8H,7,9H2,1-3H3;1-2H3. The molecule has 2 rings (SSSR count). The maximum absolute atomic E-state index is 4.46. The zero-order chi connectivity index (χ0) is 12.2. The van der Waals surface area contributed by atoms with Gasteiger partial charge in [0.05, 0.1) is 0 Å². The van der Waals surface area contributed by atoms with Crippen molar-refractivity contribution in [1.82, 2.24) is 4.98 Å². The molecule has 0 amide bonds. The highest BCUT2D eigenvalue weighted by Crippen LogP contribution is 2.34. The molecular weight excluding hydrogens is 194 g/mol. The van der Waals surface area contributed by atoms with Crippen molar-refractivity contribution >= 4 is 0 Å². The zero-order valence-electron chi connectivity index (χ0n) is 11.2. The van der Waals surface area contributed by atoms with Crippen LogP contribution in [-0.4, -0.2) is 4.98 Å². The normalized spacial score (nSPS) is 17.4. The van der Waals surface area contributed by atoms with Gasteiger partial charge in [0.2, 0.25) is 0 Å². The number of aromatic nitrogens is 1. The number of allylic oxidation sites excluding steroid dienone is 2. The molecule has 1 aromatic heterocycles. The van der Waals surface area contributed by atoms with Gasteiger partial charge in [-0.2, -0.15) is 0 Å². The predicted molar refractivity (Wildman–Crippen MR) is 70.7 cm³/mol. The minimum absolute atomic E-state index is 0.237. The van der Waals surface area contributed by atoms with E-state index < -0.39 is 0 Å². The second-order valence-electron chi connectivity index (χ2n) is 4.81. The van der Waals surface area contributed by atoms with Crippen LogP contribution in [-0.2, 0) is 11.8 Å². The molecule has 0 bridgehead atoms. The van der Waals surface area contributed by atoms with Gasteiger partial charge in [-0.3, -0.25) is 4.98 Å². The van der Waals surface area contributed by atoms with Crippen LogP contribution in [0.4, 0.5) is 0 Å². The first kappa shape index (κ1) is 13.0. The van der Waals surface area contributed by atoms with Crippen LogP contribution in [0.1, 0.15) is 52.3 Å². The Hall–Kier alpha value is -1.11. The van der Waals surface area contributed by atoms with Gasteiger partial charge in [-0.25, -0.2) is 0 Å². The first-order valence-corrected chi connectivity index (χ1v) is 6.19. The summed E-state index contributed by atoms with van der Waals surface area (Å²) in [6.45, 7) is 10.8. The smallest absolute Gasteiger partial charge is 0.0478 e. The highest BCUT2D eigenvalue weighted by atomic mass is 14.7. The molecule has 88 valence electrons. The van der Waals surface area contributed by atoms with E-state index in [9.17, 15) is 0 Å². The average molecular weight is 217 g/mol. The Kier molecular flexibility index (Phi) is 4.28. The van der Waals surface area contributed by atoms with E-state index in [2.05, 4.69) is 37.9 Å². The van der Waals surface area contributed by atoms with Crippen LogP contribution >= 0.6 is 0 Å². The zero-order valence-corrected chi connectivity index (χ0v) is 11.2. The van der Waals surface area contributed by atoms with E-state index in [1.165, 1.54) is 16.8 Å². The fourth-order valence-corrected chi connectivity index (χ4v) is 2.35. The minimum Gasteiger partial charge on any atom is -0.261 e. The lowest BCUT2D eigenvalue weighted by atomic mass is 9.80. The lowest BCUT2D eigenvalue weighted by molar-refractivity contribution is 0.518. The maximum atomic E-state index is 4.46. The van der Waals surface area contributed by atoms with Gasteiger partial charge >= 0.3 is 0 Å². The summed E-state index contributed by atoms with van der Waals surface area (Å²) in [7, 11) is 0. The van der Waals surface area contributed by atoms with Gasteiger partial charge in [-0.1, -0.05) is 45.4 Å². The van der Waals surface area contributed by atoms with Crippen molar-refractivity contribution in [3.63, 3.8) is 0 Å². The molecule has 1 aromatic rings. The maximum Gasteiger partial charge on any atom is 0.0478 e. The third kappa shape index (κ3) is 2.72. The molecule has 1 nitrogen and oxygen atoms in total. The van der Waals surface area contributed by atoms with Crippen LogP contribution in [0.3, 0.4) is 0 Å². The quantitative estimate of drug-likeness (QED) is 0.591. The summed E-state index contributed by atoms with van der Waals surface area (Å²) in [5, 5.41) is 0. The Balaban J connectivity index is 0.000000606. The Labute approximate surface area is 99.6 Å². The summed E-state index contributed by atoms with van der Waals surface area (Å²) >= 11 is 0. The molecule has 0 aromatic carbocycles. The molecule has 1 heteroatoms. The summed E-state index contributed by atoms with van der Waals surface area (Å²) in [5.41, 5.74) is 4.37. The van der Waals surface area contributed by atoms with Gasteiger partial charge in [0.1, 0.15) is 0 Å². The molecule has 0 aliphatic heterocycles. The van der Waals surface area contributed by atoms with Gasteiger partial charge in [0, 0.05) is 18.3 Å². The van der Waals surface area contributed by atoms with Gasteiger partial charge < -0.3 is 0 Å². The Morgan fingerprint density at radius 3 is 2.62 bits per heavy atom. The van der Waals surface area contributed by atoms with E-state index in [1.807, 2.05) is 26.1 Å². The van der Waals surface area contributed by atoms with Gasteiger partial charge in [-0.15, -0.1) is 0 Å². The molecule has 0 fully saturated rings. The second kappa shape index (κ2) is 5.29. The van der Waals surface area contributed by atoms with E-state index in [1.54, 1.807) is 0 Å². The van der Waals surface area contributed by atoms with Crippen LogP contribution < -0.4 is 0 Å². The fourth-order valence-electron chi connectivity index (χ4n) is 2.35. The van der Waals surface area contributed by atoms with E-state index in [0.29, 0.717) is 0 Å². The molecule has 0 saturated heterocycles. The lowest BCUT2D eigenvalue weighted by Gasteiger charge is -2.25. The van der Waals surface area contributed by atoms with Crippen molar-refractivity contribution in [2.24, 2.45) is 0 Å². The minimum atomic E-state index is 0.237. The number of pyridine rings is 1. The highest BCUT2D eigenvalue weighted by Gasteiger charge is 2.25. The second-order valence-corrected chi connectivity index (χ2v) is 4.81. The van der Waals surface area contributed by atoms with Gasteiger partial charge in [-0.05, 0) is 30.4 Å². The summed E-state index contributed by atoms with van der Waals surface area (Å²) in [6, 6.07) is 4.26. The number of hydrogen-bond donors (Lipinski definition) is 0. The number of fused-ring (bicyclic) bond motifs is 1. The monoisotopic (exact) mass is 217 g/mol.